The molecule has 2 aromatic rings. The Hall–Kier alpha value is -2.36. The average Bonchev–Trinajstić information content (AvgIpc) is 3.01. The number of benzene rings is 2. The summed E-state index contributed by atoms with van der Waals surface area (Å²) >= 11 is 0. The van der Waals surface area contributed by atoms with Gasteiger partial charge in [0.15, 0.2) is 0 Å². The predicted octanol–water partition coefficient (Wildman–Crippen LogP) is 3.55. The van der Waals surface area contributed by atoms with Crippen molar-refractivity contribution in [3.63, 3.8) is 0 Å². The summed E-state index contributed by atoms with van der Waals surface area (Å²) in [5, 5.41) is 13.2. The second-order valence-corrected chi connectivity index (χ2v) is 6.42. The Morgan fingerprint density at radius 3 is 2.64 bits per heavy atom. The van der Waals surface area contributed by atoms with Gasteiger partial charge in [-0.15, -0.1) is 0 Å². The zero-order valence-corrected chi connectivity index (χ0v) is 12.4. The van der Waals surface area contributed by atoms with Crippen molar-refractivity contribution in [2.45, 2.75) is 25.3 Å². The molecular weight excluding hydrogens is 278 g/mol. The van der Waals surface area contributed by atoms with Gasteiger partial charge in [-0.1, -0.05) is 17.3 Å². The molecule has 2 aliphatic carbocycles. The van der Waals surface area contributed by atoms with Gasteiger partial charge in [0.25, 0.3) is 0 Å². The molecule has 0 bridgehead atoms. The van der Waals surface area contributed by atoms with Crippen molar-refractivity contribution in [3.05, 3.63) is 63.6 Å². The molecule has 0 aromatic heterocycles. The maximum atomic E-state index is 11.6. The molecule has 22 heavy (non-hydrogen) atoms. The number of nitrogens with zero attached hydrogens (tertiary/aromatic N) is 1. The van der Waals surface area contributed by atoms with Gasteiger partial charge in [0.2, 0.25) is 0 Å². The molecule has 4 rings (SSSR count). The third-order valence-electron chi connectivity index (χ3n) is 5.15. The lowest BCUT2D eigenvalue weighted by atomic mass is 9.78. The van der Waals surface area contributed by atoms with Crippen LogP contribution in [0.1, 0.15) is 28.3 Å². The number of rotatable bonds is 2. The van der Waals surface area contributed by atoms with Crippen LogP contribution >= 0.6 is 0 Å². The van der Waals surface area contributed by atoms with Crippen LogP contribution in [-0.2, 0) is 19.3 Å². The molecule has 2 atom stereocenters. The number of methoxy groups -OCH3 is 1. The first-order valence-electron chi connectivity index (χ1n) is 7.45. The Labute approximate surface area is 128 Å². The molecule has 0 amide bonds. The van der Waals surface area contributed by atoms with E-state index in [0.717, 1.165) is 41.7 Å². The minimum absolute atomic E-state index is 0.188. The van der Waals surface area contributed by atoms with Gasteiger partial charge in [-0.05, 0) is 65.8 Å². The molecule has 1 spiro atoms. The fourth-order valence-corrected chi connectivity index (χ4v) is 4.19. The van der Waals surface area contributed by atoms with Crippen molar-refractivity contribution in [3.8, 4) is 11.5 Å². The normalized spacial score (nSPS) is 25.0. The van der Waals surface area contributed by atoms with Crippen molar-refractivity contribution in [2.75, 3.05) is 7.11 Å². The second kappa shape index (κ2) is 4.57. The highest BCUT2D eigenvalue weighted by Crippen LogP contribution is 2.56. The Bertz CT molecular complexity index is 771. The zero-order valence-electron chi connectivity index (χ0n) is 12.4. The number of ether oxygens (including phenoxy) is 1. The summed E-state index contributed by atoms with van der Waals surface area (Å²) in [6.07, 6.45) is 2.44. The molecule has 0 radical (unpaired) electrons. The highest BCUT2D eigenvalue weighted by molar-refractivity contribution is 5.48. The third kappa shape index (κ3) is 1.76. The first-order valence-corrected chi connectivity index (χ1v) is 7.45. The van der Waals surface area contributed by atoms with Crippen LogP contribution in [0.5, 0.6) is 11.5 Å². The fraction of sp³-hybridized carbons (Fsp3) is 0.333. The van der Waals surface area contributed by atoms with Crippen LogP contribution in [0.15, 0.2) is 41.6 Å². The molecule has 0 fully saturated rings. The van der Waals surface area contributed by atoms with E-state index >= 15 is 0 Å². The molecular formula is C18H17NO3. The summed E-state index contributed by atoms with van der Waals surface area (Å²) < 4.78 is 5.30. The number of aromatic hydroxyl groups is 1. The molecule has 2 unspecified atom stereocenters. The third-order valence-corrected chi connectivity index (χ3v) is 5.15. The van der Waals surface area contributed by atoms with Gasteiger partial charge in [-0.25, -0.2) is 0 Å². The van der Waals surface area contributed by atoms with E-state index in [1.54, 1.807) is 13.2 Å². The van der Waals surface area contributed by atoms with E-state index in [4.69, 9.17) is 4.74 Å². The Balaban J connectivity index is 1.77. The Kier molecular flexibility index (Phi) is 2.76. The largest absolute Gasteiger partial charge is 0.508 e. The van der Waals surface area contributed by atoms with E-state index in [2.05, 4.69) is 5.18 Å². The minimum atomic E-state index is -0.331. The Morgan fingerprint density at radius 2 is 1.86 bits per heavy atom. The van der Waals surface area contributed by atoms with E-state index in [1.165, 1.54) is 5.56 Å². The van der Waals surface area contributed by atoms with Crippen molar-refractivity contribution < 1.29 is 9.84 Å². The van der Waals surface area contributed by atoms with Gasteiger partial charge in [0.1, 0.15) is 17.5 Å². The van der Waals surface area contributed by atoms with Crippen LogP contribution in [0.4, 0.5) is 0 Å². The van der Waals surface area contributed by atoms with Crippen molar-refractivity contribution in [1.82, 2.24) is 0 Å². The zero-order chi connectivity index (χ0) is 15.3. The summed E-state index contributed by atoms with van der Waals surface area (Å²) in [7, 11) is 1.65. The van der Waals surface area contributed by atoms with Gasteiger partial charge < -0.3 is 9.84 Å². The van der Waals surface area contributed by atoms with Gasteiger partial charge in [-0.3, -0.25) is 0 Å². The summed E-state index contributed by atoms with van der Waals surface area (Å²) in [4.78, 5) is 11.6. The van der Waals surface area contributed by atoms with Crippen LogP contribution < -0.4 is 4.74 Å². The van der Waals surface area contributed by atoms with Crippen LogP contribution in [0.25, 0.3) is 0 Å². The summed E-state index contributed by atoms with van der Waals surface area (Å²) in [5.41, 5.74) is 4.33. The van der Waals surface area contributed by atoms with Crippen molar-refractivity contribution >= 4 is 0 Å². The monoisotopic (exact) mass is 295 g/mol. The molecule has 2 aliphatic rings. The van der Waals surface area contributed by atoms with Crippen LogP contribution in [0, 0.1) is 10.3 Å². The lowest BCUT2D eigenvalue weighted by Gasteiger charge is -2.26. The highest BCUT2D eigenvalue weighted by atomic mass is 16.5. The maximum Gasteiger partial charge on any atom is 0.124 e. The number of phenols is 1. The number of fused-ring (bicyclic) bond motifs is 2. The fourth-order valence-electron chi connectivity index (χ4n) is 4.19. The summed E-state index contributed by atoms with van der Waals surface area (Å²) in [6.45, 7) is 0. The molecule has 2 aromatic carbocycles. The lowest BCUT2D eigenvalue weighted by Crippen LogP contribution is -2.25. The number of phenolic OH excluding ortho intramolecular Hbond substituents is 1. The first-order chi connectivity index (χ1) is 10.6. The van der Waals surface area contributed by atoms with Gasteiger partial charge in [-0.2, -0.15) is 4.91 Å². The van der Waals surface area contributed by atoms with Crippen molar-refractivity contribution in [2.24, 2.45) is 10.6 Å². The van der Waals surface area contributed by atoms with Gasteiger partial charge >= 0.3 is 0 Å². The summed E-state index contributed by atoms with van der Waals surface area (Å²) in [6, 6.07) is 11.0. The molecule has 0 heterocycles. The molecule has 112 valence electrons. The van der Waals surface area contributed by atoms with E-state index in [0.29, 0.717) is 0 Å². The standard InChI is InChI=1S/C18H17NO3/c1-22-15-4-5-16-13(7-15)10-18(17(16)19-21)8-11-2-3-14(20)6-12(11)9-18/h2-7,17,20H,8-10H2,1H3. The predicted molar refractivity (Wildman–Crippen MR) is 83.2 cm³/mol. The number of hydrogen-bond donors (Lipinski definition) is 1. The van der Waals surface area contributed by atoms with Crippen LogP contribution in [0.2, 0.25) is 0 Å². The lowest BCUT2D eigenvalue weighted by molar-refractivity contribution is 0.264. The average molecular weight is 295 g/mol. The number of hydrogen-bond acceptors (Lipinski definition) is 4. The van der Waals surface area contributed by atoms with Crippen LogP contribution in [-0.4, -0.2) is 12.2 Å². The Morgan fingerprint density at radius 1 is 1.09 bits per heavy atom. The molecule has 0 saturated heterocycles. The maximum absolute atomic E-state index is 11.6. The molecule has 1 N–H and O–H groups in total. The van der Waals surface area contributed by atoms with E-state index in [1.807, 2.05) is 30.3 Å². The second-order valence-electron chi connectivity index (χ2n) is 6.42. The van der Waals surface area contributed by atoms with E-state index in [-0.39, 0.29) is 17.2 Å². The minimum Gasteiger partial charge on any atom is -0.508 e. The van der Waals surface area contributed by atoms with Gasteiger partial charge in [0, 0.05) is 5.41 Å². The SMILES string of the molecule is COc1ccc2c(c1)CC1(Cc3ccc(O)cc3C1)C2N=O. The number of nitroso groups, excluding NO2 is 1. The van der Waals surface area contributed by atoms with Crippen molar-refractivity contribution in [1.29, 1.82) is 0 Å². The van der Waals surface area contributed by atoms with Gasteiger partial charge in [0.05, 0.1) is 7.11 Å². The highest BCUT2D eigenvalue weighted by Gasteiger charge is 2.50. The molecule has 0 aliphatic heterocycles. The molecule has 0 saturated carbocycles. The van der Waals surface area contributed by atoms with Crippen LogP contribution in [0.3, 0.4) is 0 Å². The first kappa shape index (κ1) is 13.3. The topological polar surface area (TPSA) is 58.9 Å². The molecule has 4 heteroatoms. The van der Waals surface area contributed by atoms with E-state index in [9.17, 15) is 10.0 Å². The van der Waals surface area contributed by atoms with E-state index < -0.39 is 0 Å². The summed E-state index contributed by atoms with van der Waals surface area (Å²) in [5.74, 6) is 1.09. The molecule has 4 nitrogen and oxygen atoms in total. The quantitative estimate of drug-likeness (QED) is 0.862. The smallest absolute Gasteiger partial charge is 0.124 e.